The molecule has 3 N–H and O–H groups in total. The van der Waals surface area contributed by atoms with E-state index >= 15 is 0 Å². The third-order valence-electron chi connectivity index (χ3n) is 3.13. The molecule has 0 unspecified atom stereocenters. The lowest BCUT2D eigenvalue weighted by atomic mass is 10.2. The van der Waals surface area contributed by atoms with Crippen molar-refractivity contribution in [2.24, 2.45) is 0 Å². The van der Waals surface area contributed by atoms with Crippen LogP contribution in [0.2, 0.25) is 5.02 Å². The number of aliphatic hydroxyl groups is 2. The Morgan fingerprint density at radius 3 is 2.82 bits per heavy atom. The highest BCUT2D eigenvalue weighted by Gasteiger charge is 2.48. The number of likely N-dealkylation sites (tertiary alicyclic amines) is 1. The van der Waals surface area contributed by atoms with Gasteiger partial charge in [-0.15, -0.1) is 0 Å². The Morgan fingerprint density at radius 2 is 2.23 bits per heavy atom. The van der Waals surface area contributed by atoms with E-state index in [9.17, 15) is 19.1 Å². The fourth-order valence-electron chi connectivity index (χ4n) is 2.05. The van der Waals surface area contributed by atoms with Crippen LogP contribution < -0.4 is 5.32 Å². The van der Waals surface area contributed by atoms with Crippen molar-refractivity contribution in [3.63, 3.8) is 0 Å². The van der Waals surface area contributed by atoms with Crippen LogP contribution in [-0.2, 0) is 16.1 Å². The van der Waals surface area contributed by atoms with Gasteiger partial charge in [0.05, 0.1) is 0 Å². The minimum atomic E-state index is -2.30. The Morgan fingerprint density at radius 1 is 1.50 bits per heavy atom. The Balaban J connectivity index is 1.92. The Labute approximate surface area is 130 Å². The van der Waals surface area contributed by atoms with Gasteiger partial charge in [0.1, 0.15) is 12.5 Å². The van der Waals surface area contributed by atoms with Gasteiger partial charge in [0.15, 0.2) is 0 Å². The standard InChI is InChI=1S/C13H14ClFN2O5/c14-9-3-8(4-10(15)5-9)6-16-12(20)22-13(21)1-2-17(7-18)11(13)19/h3-5,18,21H,1-2,6-7H2,(H,16,20)/t13-/m1/s1. The number of amides is 2. The Hall–Kier alpha value is -1.90. The second-order valence-corrected chi connectivity index (χ2v) is 5.20. The van der Waals surface area contributed by atoms with Crippen molar-refractivity contribution in [2.45, 2.75) is 18.8 Å². The Bertz CT molecular complexity index is 580. The lowest BCUT2D eigenvalue weighted by Gasteiger charge is -2.21. The molecule has 2 rings (SSSR count). The molecule has 1 aliphatic rings. The van der Waals surface area contributed by atoms with Crippen molar-refractivity contribution in [2.75, 3.05) is 13.3 Å². The molecule has 1 aromatic carbocycles. The lowest BCUT2D eigenvalue weighted by Crippen LogP contribution is -2.46. The number of alkyl carbamates (subject to hydrolysis) is 1. The van der Waals surface area contributed by atoms with Gasteiger partial charge in [0.25, 0.3) is 11.7 Å². The summed E-state index contributed by atoms with van der Waals surface area (Å²) >= 11 is 5.68. The molecular weight excluding hydrogens is 319 g/mol. The molecule has 1 aromatic rings. The number of carbonyl (C=O) groups is 2. The van der Waals surface area contributed by atoms with Crippen molar-refractivity contribution in [3.8, 4) is 0 Å². The van der Waals surface area contributed by atoms with E-state index in [0.29, 0.717) is 5.56 Å². The second-order valence-electron chi connectivity index (χ2n) is 4.77. The molecule has 0 aliphatic carbocycles. The van der Waals surface area contributed by atoms with Crippen LogP contribution >= 0.6 is 11.6 Å². The second kappa shape index (κ2) is 6.47. The lowest BCUT2D eigenvalue weighted by molar-refractivity contribution is -0.183. The Kier molecular flexibility index (Phi) is 4.84. The summed E-state index contributed by atoms with van der Waals surface area (Å²) in [5, 5.41) is 21.3. The van der Waals surface area contributed by atoms with E-state index in [-0.39, 0.29) is 24.5 Å². The van der Waals surface area contributed by atoms with Crippen molar-refractivity contribution < 1.29 is 28.9 Å². The maximum absolute atomic E-state index is 13.1. The number of rotatable bonds is 4. The molecule has 1 heterocycles. The average molecular weight is 333 g/mol. The normalized spacial score (nSPS) is 21.1. The minimum Gasteiger partial charge on any atom is -0.407 e. The first-order chi connectivity index (χ1) is 10.3. The summed E-state index contributed by atoms with van der Waals surface area (Å²) < 4.78 is 17.8. The number of aliphatic hydroxyl groups excluding tert-OH is 1. The van der Waals surface area contributed by atoms with Gasteiger partial charge in [0, 0.05) is 24.5 Å². The number of nitrogens with one attached hydrogen (secondary N) is 1. The molecule has 0 radical (unpaired) electrons. The van der Waals surface area contributed by atoms with E-state index < -0.39 is 30.3 Å². The van der Waals surface area contributed by atoms with Crippen molar-refractivity contribution >= 4 is 23.6 Å². The predicted molar refractivity (Wildman–Crippen MR) is 73.1 cm³/mol. The molecule has 22 heavy (non-hydrogen) atoms. The van der Waals surface area contributed by atoms with Gasteiger partial charge in [-0.2, -0.15) is 0 Å². The molecule has 1 atom stereocenters. The molecule has 9 heteroatoms. The van der Waals surface area contributed by atoms with Crippen LogP contribution in [0.1, 0.15) is 12.0 Å². The van der Waals surface area contributed by atoms with Crippen LogP contribution in [0.4, 0.5) is 9.18 Å². The summed E-state index contributed by atoms with van der Waals surface area (Å²) in [4.78, 5) is 24.3. The summed E-state index contributed by atoms with van der Waals surface area (Å²) in [6.07, 6.45) is -1.19. The molecule has 120 valence electrons. The molecule has 7 nitrogen and oxygen atoms in total. The van der Waals surface area contributed by atoms with Gasteiger partial charge < -0.3 is 25.2 Å². The molecule has 1 fully saturated rings. The number of ether oxygens (including phenoxy) is 1. The first kappa shape index (κ1) is 16.5. The minimum absolute atomic E-state index is 0.0681. The zero-order valence-corrected chi connectivity index (χ0v) is 12.1. The third-order valence-corrected chi connectivity index (χ3v) is 3.35. The van der Waals surface area contributed by atoms with Crippen molar-refractivity contribution in [1.82, 2.24) is 10.2 Å². The summed E-state index contributed by atoms with van der Waals surface area (Å²) in [7, 11) is 0. The van der Waals surface area contributed by atoms with Crippen LogP contribution in [0, 0.1) is 5.82 Å². The van der Waals surface area contributed by atoms with Gasteiger partial charge in [-0.1, -0.05) is 11.6 Å². The van der Waals surface area contributed by atoms with Crippen molar-refractivity contribution in [1.29, 1.82) is 0 Å². The first-order valence-electron chi connectivity index (χ1n) is 6.38. The first-order valence-corrected chi connectivity index (χ1v) is 6.76. The number of nitrogens with zero attached hydrogens (tertiary/aromatic N) is 1. The van der Waals surface area contributed by atoms with Gasteiger partial charge >= 0.3 is 6.09 Å². The molecule has 0 bridgehead atoms. The number of halogens is 2. The van der Waals surface area contributed by atoms with Gasteiger partial charge in [0.2, 0.25) is 0 Å². The maximum atomic E-state index is 13.1. The van der Waals surface area contributed by atoms with Gasteiger partial charge in [-0.3, -0.25) is 4.79 Å². The maximum Gasteiger partial charge on any atom is 0.410 e. The van der Waals surface area contributed by atoms with Gasteiger partial charge in [-0.25, -0.2) is 9.18 Å². The highest BCUT2D eigenvalue weighted by Crippen LogP contribution is 2.24. The number of hydrogen-bond donors (Lipinski definition) is 3. The summed E-state index contributed by atoms with van der Waals surface area (Å²) in [5.74, 6) is -3.74. The molecular formula is C13H14ClFN2O5. The van der Waals surface area contributed by atoms with Gasteiger partial charge in [-0.05, 0) is 23.8 Å². The number of benzene rings is 1. The molecule has 1 saturated heterocycles. The zero-order valence-electron chi connectivity index (χ0n) is 11.4. The van der Waals surface area contributed by atoms with E-state index in [1.54, 1.807) is 0 Å². The third kappa shape index (κ3) is 3.65. The summed E-state index contributed by atoms with van der Waals surface area (Å²) in [5.41, 5.74) is 0.392. The van der Waals surface area contributed by atoms with Crippen LogP contribution in [0.3, 0.4) is 0 Å². The highest BCUT2D eigenvalue weighted by molar-refractivity contribution is 6.30. The smallest absolute Gasteiger partial charge is 0.407 e. The van der Waals surface area contributed by atoms with Crippen LogP contribution in [0.15, 0.2) is 18.2 Å². The fourth-order valence-corrected chi connectivity index (χ4v) is 2.29. The van der Waals surface area contributed by atoms with E-state index in [1.165, 1.54) is 12.1 Å². The topological polar surface area (TPSA) is 99.1 Å². The molecule has 0 aromatic heterocycles. The fraction of sp³-hybridized carbons (Fsp3) is 0.385. The van der Waals surface area contributed by atoms with Crippen LogP contribution in [0.25, 0.3) is 0 Å². The molecule has 0 spiro atoms. The quantitative estimate of drug-likeness (QED) is 0.700. The van der Waals surface area contributed by atoms with Crippen LogP contribution in [0.5, 0.6) is 0 Å². The van der Waals surface area contributed by atoms with E-state index in [1.807, 2.05) is 0 Å². The predicted octanol–water partition coefficient (Wildman–Crippen LogP) is 0.576. The zero-order chi connectivity index (χ0) is 16.3. The number of carbonyl (C=O) groups excluding carboxylic acids is 2. The largest absolute Gasteiger partial charge is 0.410 e. The summed E-state index contributed by atoms with van der Waals surface area (Å²) in [6.45, 7) is -0.600. The SMILES string of the molecule is O=C(NCc1cc(F)cc(Cl)c1)O[C@]1(O)CCN(CO)C1=O. The molecule has 0 saturated carbocycles. The monoisotopic (exact) mass is 332 g/mol. The molecule has 2 amide bonds. The average Bonchev–Trinajstić information content (AvgIpc) is 2.71. The highest BCUT2D eigenvalue weighted by atomic mass is 35.5. The van der Waals surface area contributed by atoms with E-state index in [2.05, 4.69) is 5.32 Å². The molecule has 1 aliphatic heterocycles. The number of hydrogen-bond acceptors (Lipinski definition) is 5. The van der Waals surface area contributed by atoms with Crippen LogP contribution in [-0.4, -0.2) is 46.2 Å². The van der Waals surface area contributed by atoms with E-state index in [0.717, 1.165) is 11.0 Å². The van der Waals surface area contributed by atoms with Crippen molar-refractivity contribution in [3.05, 3.63) is 34.6 Å². The summed E-state index contributed by atoms with van der Waals surface area (Å²) in [6, 6.07) is 3.75. The van der Waals surface area contributed by atoms with E-state index in [4.69, 9.17) is 21.4 Å².